The molecule has 0 aromatic carbocycles. The quantitative estimate of drug-likeness (QED) is 0.911. The van der Waals surface area contributed by atoms with Crippen molar-refractivity contribution >= 4 is 11.3 Å². The highest BCUT2D eigenvalue weighted by Gasteiger charge is 2.31. The minimum Gasteiger partial charge on any atom is -0.370 e. The first-order valence-electron chi connectivity index (χ1n) is 6.99. The summed E-state index contributed by atoms with van der Waals surface area (Å²) in [4.78, 5) is 8.86. The molecule has 2 rings (SSSR count). The van der Waals surface area contributed by atoms with E-state index in [2.05, 4.69) is 35.9 Å². The third-order valence-corrected chi connectivity index (χ3v) is 3.97. The minimum atomic E-state index is -0.216. The molecule has 2 atom stereocenters. The molecule has 0 amide bonds. The molecule has 0 aliphatic rings. The Labute approximate surface area is 128 Å². The maximum Gasteiger partial charge on any atom is 0.277 e. The standard InChI is InChI=1S/C14H22N4O2S/c1-6-19-10(14(3,4)5)11-17-12(20-18-11)9-7-21-13(16-9)8(2)15/h7-8,10H,6,15H2,1-5H3. The van der Waals surface area contributed by atoms with Gasteiger partial charge in [0, 0.05) is 12.0 Å². The second-order valence-electron chi connectivity index (χ2n) is 6.02. The summed E-state index contributed by atoms with van der Waals surface area (Å²) in [6.45, 7) is 10.7. The van der Waals surface area contributed by atoms with Crippen LogP contribution in [0.15, 0.2) is 9.90 Å². The largest absolute Gasteiger partial charge is 0.370 e. The van der Waals surface area contributed by atoms with E-state index in [4.69, 9.17) is 15.0 Å². The van der Waals surface area contributed by atoms with Crippen LogP contribution in [0.25, 0.3) is 11.6 Å². The van der Waals surface area contributed by atoms with E-state index in [1.54, 1.807) is 0 Å². The van der Waals surface area contributed by atoms with Gasteiger partial charge in [-0.2, -0.15) is 4.98 Å². The number of hydrogen-bond acceptors (Lipinski definition) is 7. The molecule has 0 saturated heterocycles. The third-order valence-electron chi connectivity index (χ3n) is 2.93. The number of nitrogens with zero attached hydrogens (tertiary/aromatic N) is 3. The summed E-state index contributed by atoms with van der Waals surface area (Å²) in [7, 11) is 0. The lowest BCUT2D eigenvalue weighted by molar-refractivity contribution is -0.0203. The Morgan fingerprint density at radius 1 is 1.38 bits per heavy atom. The van der Waals surface area contributed by atoms with Crippen molar-refractivity contribution in [1.82, 2.24) is 15.1 Å². The first-order chi connectivity index (χ1) is 9.82. The minimum absolute atomic E-state index is 0.100. The van der Waals surface area contributed by atoms with Crippen LogP contribution in [-0.4, -0.2) is 21.7 Å². The fraction of sp³-hybridized carbons (Fsp3) is 0.643. The zero-order valence-corrected chi connectivity index (χ0v) is 13.9. The van der Waals surface area contributed by atoms with Gasteiger partial charge in [-0.25, -0.2) is 4.98 Å². The van der Waals surface area contributed by atoms with E-state index >= 15 is 0 Å². The van der Waals surface area contributed by atoms with Gasteiger partial charge in [0.1, 0.15) is 16.8 Å². The van der Waals surface area contributed by atoms with Crippen LogP contribution in [0.2, 0.25) is 0 Å². The van der Waals surface area contributed by atoms with Crippen LogP contribution in [0.1, 0.15) is 57.6 Å². The average Bonchev–Trinajstić information content (AvgIpc) is 3.02. The monoisotopic (exact) mass is 310 g/mol. The van der Waals surface area contributed by atoms with Crippen LogP contribution >= 0.6 is 11.3 Å². The fourth-order valence-electron chi connectivity index (χ4n) is 1.92. The Hall–Kier alpha value is -1.31. The molecular weight excluding hydrogens is 288 g/mol. The molecule has 2 aromatic rings. The second kappa shape index (κ2) is 6.21. The molecule has 0 fully saturated rings. The number of rotatable bonds is 5. The van der Waals surface area contributed by atoms with Gasteiger partial charge in [-0.15, -0.1) is 11.3 Å². The zero-order valence-electron chi connectivity index (χ0n) is 13.1. The van der Waals surface area contributed by atoms with Crippen LogP contribution in [0.5, 0.6) is 0 Å². The highest BCUT2D eigenvalue weighted by atomic mass is 32.1. The second-order valence-corrected chi connectivity index (χ2v) is 6.91. The lowest BCUT2D eigenvalue weighted by Crippen LogP contribution is -2.22. The Morgan fingerprint density at radius 2 is 2.10 bits per heavy atom. The van der Waals surface area contributed by atoms with Gasteiger partial charge in [0.25, 0.3) is 5.89 Å². The summed E-state index contributed by atoms with van der Waals surface area (Å²) >= 11 is 1.49. The van der Waals surface area contributed by atoms with Crippen molar-refractivity contribution in [2.24, 2.45) is 11.1 Å². The number of nitrogens with two attached hydrogens (primary N) is 1. The Balaban J connectivity index is 2.27. The van der Waals surface area contributed by atoms with Gasteiger partial charge in [0.05, 0.1) is 6.04 Å². The van der Waals surface area contributed by atoms with E-state index in [0.717, 1.165) is 5.01 Å². The average molecular weight is 310 g/mol. The molecule has 2 heterocycles. The van der Waals surface area contributed by atoms with Crippen molar-refractivity contribution in [3.05, 3.63) is 16.2 Å². The first-order valence-corrected chi connectivity index (χ1v) is 7.87. The molecule has 0 aliphatic carbocycles. The number of aromatic nitrogens is 3. The maximum absolute atomic E-state index is 5.82. The van der Waals surface area contributed by atoms with E-state index < -0.39 is 0 Å². The highest BCUT2D eigenvalue weighted by molar-refractivity contribution is 7.10. The van der Waals surface area contributed by atoms with E-state index in [-0.39, 0.29) is 17.6 Å². The summed E-state index contributed by atoms with van der Waals surface area (Å²) in [5.74, 6) is 0.955. The summed E-state index contributed by atoms with van der Waals surface area (Å²) in [5.41, 5.74) is 6.36. The molecule has 0 saturated carbocycles. The first kappa shape index (κ1) is 16.1. The van der Waals surface area contributed by atoms with E-state index in [1.165, 1.54) is 11.3 Å². The Kier molecular flexibility index (Phi) is 4.75. The maximum atomic E-state index is 5.82. The van der Waals surface area contributed by atoms with Crippen molar-refractivity contribution < 1.29 is 9.26 Å². The molecule has 21 heavy (non-hydrogen) atoms. The van der Waals surface area contributed by atoms with Crippen LogP contribution in [0, 0.1) is 5.41 Å². The molecule has 0 aliphatic heterocycles. The zero-order chi connectivity index (χ0) is 15.6. The molecule has 2 unspecified atom stereocenters. The Morgan fingerprint density at radius 3 is 2.62 bits per heavy atom. The molecule has 7 heteroatoms. The van der Waals surface area contributed by atoms with Crippen molar-refractivity contribution in [3.8, 4) is 11.6 Å². The molecule has 0 bridgehead atoms. The predicted molar refractivity (Wildman–Crippen MR) is 81.8 cm³/mol. The molecule has 2 aromatic heterocycles. The van der Waals surface area contributed by atoms with Crippen molar-refractivity contribution in [2.45, 2.75) is 46.8 Å². The molecule has 6 nitrogen and oxygen atoms in total. The van der Waals surface area contributed by atoms with Crippen LogP contribution in [0.4, 0.5) is 0 Å². The summed E-state index contributed by atoms with van der Waals surface area (Å²) in [5, 5.41) is 6.78. The topological polar surface area (TPSA) is 87.1 Å². The SMILES string of the molecule is CCOC(c1noc(-c2csc(C(C)N)n2)n1)C(C)(C)C. The summed E-state index contributed by atoms with van der Waals surface area (Å²) in [6, 6.07) is -0.100. The normalized spacial score (nSPS) is 15.1. The molecule has 0 radical (unpaired) electrons. The van der Waals surface area contributed by atoms with Crippen molar-refractivity contribution in [3.63, 3.8) is 0 Å². The smallest absolute Gasteiger partial charge is 0.277 e. The third kappa shape index (κ3) is 3.66. The van der Waals surface area contributed by atoms with Gasteiger partial charge in [-0.3, -0.25) is 0 Å². The fourth-order valence-corrected chi connectivity index (χ4v) is 2.67. The highest BCUT2D eigenvalue weighted by Crippen LogP contribution is 2.35. The van der Waals surface area contributed by atoms with E-state index in [1.807, 2.05) is 19.2 Å². The van der Waals surface area contributed by atoms with Gasteiger partial charge in [-0.05, 0) is 19.3 Å². The van der Waals surface area contributed by atoms with Crippen molar-refractivity contribution in [1.29, 1.82) is 0 Å². The van der Waals surface area contributed by atoms with Crippen LogP contribution < -0.4 is 5.73 Å². The predicted octanol–water partition coefficient (Wildman–Crippen LogP) is 3.34. The number of ether oxygens (including phenoxy) is 1. The lowest BCUT2D eigenvalue weighted by Gasteiger charge is -2.27. The van der Waals surface area contributed by atoms with Crippen LogP contribution in [0.3, 0.4) is 0 Å². The van der Waals surface area contributed by atoms with Crippen LogP contribution in [-0.2, 0) is 4.74 Å². The van der Waals surface area contributed by atoms with Gasteiger partial charge in [0.15, 0.2) is 0 Å². The van der Waals surface area contributed by atoms with E-state index in [0.29, 0.717) is 24.0 Å². The van der Waals surface area contributed by atoms with Gasteiger partial charge in [0.2, 0.25) is 5.82 Å². The van der Waals surface area contributed by atoms with Gasteiger partial charge >= 0.3 is 0 Å². The Bertz CT molecular complexity index is 586. The lowest BCUT2D eigenvalue weighted by atomic mass is 9.88. The molecule has 2 N–H and O–H groups in total. The number of thiazole rings is 1. The summed E-state index contributed by atoms with van der Waals surface area (Å²) < 4.78 is 11.1. The number of hydrogen-bond donors (Lipinski definition) is 1. The molecular formula is C14H22N4O2S. The van der Waals surface area contributed by atoms with E-state index in [9.17, 15) is 0 Å². The summed E-state index contributed by atoms with van der Waals surface area (Å²) in [6.07, 6.45) is -0.216. The van der Waals surface area contributed by atoms with Gasteiger partial charge < -0.3 is 15.0 Å². The molecule has 0 spiro atoms. The van der Waals surface area contributed by atoms with Crippen molar-refractivity contribution in [2.75, 3.05) is 6.61 Å². The molecule has 116 valence electrons. The van der Waals surface area contributed by atoms with Gasteiger partial charge in [-0.1, -0.05) is 25.9 Å².